The summed E-state index contributed by atoms with van der Waals surface area (Å²) in [6.07, 6.45) is 8.97. The van der Waals surface area contributed by atoms with E-state index >= 15 is 0 Å². The van der Waals surface area contributed by atoms with Crippen LogP contribution in [0.4, 0.5) is 28.4 Å². The minimum absolute atomic E-state index is 0.319. The lowest BCUT2D eigenvalue weighted by atomic mass is 9.82. The summed E-state index contributed by atoms with van der Waals surface area (Å²) in [4.78, 5) is 2.41. The molecule has 0 fully saturated rings. The van der Waals surface area contributed by atoms with Gasteiger partial charge >= 0.3 is 0 Å². The van der Waals surface area contributed by atoms with Crippen molar-refractivity contribution in [1.82, 2.24) is 0 Å². The molecular weight excluding hydrogens is 673 g/mol. The topological polar surface area (TPSA) is 15.3 Å². The van der Waals surface area contributed by atoms with E-state index < -0.39 is 0 Å². The molecule has 0 spiro atoms. The van der Waals surface area contributed by atoms with E-state index in [1.165, 1.54) is 58.4 Å². The van der Waals surface area contributed by atoms with Gasteiger partial charge in [-0.05, 0) is 105 Å². The third-order valence-electron chi connectivity index (χ3n) is 10.9. The molecule has 8 aromatic carbocycles. The second-order valence-electron chi connectivity index (χ2n) is 14.3. The molecule has 2 nitrogen and oxygen atoms in total. The summed E-state index contributed by atoms with van der Waals surface area (Å²) < 4.78 is 2.62. The summed E-state index contributed by atoms with van der Waals surface area (Å²) in [5.74, 6) is 0.747. The Hall–Kier alpha value is -6.42. The molecule has 2 unspecified atom stereocenters. The molecule has 0 amide bonds. The van der Waals surface area contributed by atoms with Crippen molar-refractivity contribution in [3.8, 4) is 11.1 Å². The van der Waals surface area contributed by atoms with Crippen LogP contribution in [0.3, 0.4) is 0 Å². The summed E-state index contributed by atoms with van der Waals surface area (Å²) >= 11 is 1.86. The zero-order valence-electron chi connectivity index (χ0n) is 30.0. The summed E-state index contributed by atoms with van der Waals surface area (Å²) in [5, 5.41) is 11.4. The van der Waals surface area contributed by atoms with Gasteiger partial charge in [-0.15, -0.1) is 11.3 Å². The maximum absolute atomic E-state index is 3.79. The third-order valence-corrected chi connectivity index (χ3v) is 12.1. The van der Waals surface area contributed by atoms with Crippen LogP contribution in [0.1, 0.15) is 18.4 Å². The van der Waals surface area contributed by atoms with Gasteiger partial charge in [-0.3, -0.25) is 0 Å². The van der Waals surface area contributed by atoms with Crippen molar-refractivity contribution < 1.29 is 0 Å². The van der Waals surface area contributed by atoms with E-state index in [2.05, 4.69) is 211 Å². The molecule has 258 valence electrons. The highest BCUT2D eigenvalue weighted by molar-refractivity contribution is 7.25. The van der Waals surface area contributed by atoms with Crippen LogP contribution in [0.2, 0.25) is 0 Å². The second kappa shape index (κ2) is 13.5. The predicted octanol–water partition coefficient (Wildman–Crippen LogP) is 15.1. The number of thiophene rings is 1. The van der Waals surface area contributed by atoms with Crippen molar-refractivity contribution in [2.45, 2.75) is 12.8 Å². The second-order valence-corrected chi connectivity index (χ2v) is 15.4. The van der Waals surface area contributed by atoms with E-state index in [-0.39, 0.29) is 0 Å². The number of rotatable bonds is 7. The molecule has 1 aromatic heterocycles. The molecule has 2 atom stereocenters. The van der Waals surface area contributed by atoms with Crippen molar-refractivity contribution in [2.75, 3.05) is 10.2 Å². The highest BCUT2D eigenvalue weighted by atomic mass is 32.1. The molecule has 0 saturated carbocycles. The molecule has 1 aliphatic rings. The first-order chi connectivity index (χ1) is 26.7. The Bertz CT molecular complexity index is 2870. The molecule has 10 rings (SSSR count). The number of hydrogen-bond donors (Lipinski definition) is 1. The van der Waals surface area contributed by atoms with Crippen LogP contribution >= 0.6 is 11.3 Å². The molecule has 9 aromatic rings. The largest absolute Gasteiger partial charge is 0.355 e. The van der Waals surface area contributed by atoms with Gasteiger partial charge in [0.05, 0.1) is 5.69 Å². The van der Waals surface area contributed by atoms with Crippen molar-refractivity contribution in [1.29, 1.82) is 0 Å². The van der Waals surface area contributed by atoms with E-state index in [0.29, 0.717) is 11.8 Å². The van der Waals surface area contributed by atoms with E-state index in [1.807, 2.05) is 11.3 Å². The van der Waals surface area contributed by atoms with Crippen LogP contribution in [0.5, 0.6) is 0 Å². The van der Waals surface area contributed by atoms with Crippen LogP contribution < -0.4 is 10.2 Å². The molecule has 0 saturated heterocycles. The average molecular weight is 711 g/mol. The molecule has 0 aliphatic heterocycles. The van der Waals surface area contributed by atoms with Crippen LogP contribution in [0, 0.1) is 5.92 Å². The normalized spacial score (nSPS) is 15.4. The first-order valence-electron chi connectivity index (χ1n) is 18.7. The smallest absolute Gasteiger partial charge is 0.0540 e. The van der Waals surface area contributed by atoms with Crippen molar-refractivity contribution in [2.24, 2.45) is 5.92 Å². The standard InChI is InChI=1S/C51H38N2S/c1-34-11-2-6-16-43(34)46-31-38-13-3-4-14-39(38)32-48(46)52-40-25-21-35(22-26-40)36-23-27-41(28-24-36)53(49-19-10-15-37-12-5-7-17-44(37)49)42-29-30-51-47(33-42)45-18-8-9-20-50(45)54-51/h2-34,43,52H,1H3. The SMILES string of the molecule is CC1C=CC=CC1c1cc2ccccc2cc1Nc1ccc(-c2ccc(N(c3ccc4sc5ccccc5c4c3)c3cccc4ccccc34)cc2)cc1. The lowest BCUT2D eigenvalue weighted by molar-refractivity contribution is 0.637. The fourth-order valence-corrected chi connectivity index (χ4v) is 9.22. The molecular formula is C51H38N2S. The quantitative estimate of drug-likeness (QED) is 0.177. The summed E-state index contributed by atoms with van der Waals surface area (Å²) in [6.45, 7) is 2.30. The number of nitrogens with zero attached hydrogens (tertiary/aromatic N) is 1. The molecule has 1 heterocycles. The summed E-state index contributed by atoms with van der Waals surface area (Å²) in [6, 6.07) is 62.1. The van der Waals surface area contributed by atoms with Gasteiger partial charge in [0.25, 0.3) is 0 Å². The number of hydrogen-bond acceptors (Lipinski definition) is 3. The number of fused-ring (bicyclic) bond motifs is 5. The minimum atomic E-state index is 0.319. The van der Waals surface area contributed by atoms with Crippen LogP contribution in [0.15, 0.2) is 194 Å². The molecule has 3 heteroatoms. The van der Waals surface area contributed by atoms with Gasteiger partial charge in [0.1, 0.15) is 0 Å². The Balaban J connectivity index is 0.991. The molecule has 54 heavy (non-hydrogen) atoms. The number of anilines is 5. The minimum Gasteiger partial charge on any atom is -0.355 e. The highest BCUT2D eigenvalue weighted by Gasteiger charge is 2.21. The number of benzene rings is 8. The zero-order valence-corrected chi connectivity index (χ0v) is 30.8. The Kier molecular flexibility index (Phi) is 8.08. The van der Waals surface area contributed by atoms with Crippen LogP contribution in [0.25, 0.3) is 52.8 Å². The van der Waals surface area contributed by atoms with E-state index in [0.717, 1.165) is 28.4 Å². The maximum atomic E-state index is 3.79. The first-order valence-corrected chi connectivity index (χ1v) is 19.5. The Morgan fingerprint density at radius 1 is 0.500 bits per heavy atom. The van der Waals surface area contributed by atoms with Gasteiger partial charge in [-0.2, -0.15) is 0 Å². The van der Waals surface area contributed by atoms with E-state index in [9.17, 15) is 0 Å². The fraction of sp³-hybridized carbons (Fsp3) is 0.0588. The van der Waals surface area contributed by atoms with E-state index in [4.69, 9.17) is 0 Å². The number of nitrogens with one attached hydrogen (secondary N) is 1. The Morgan fingerprint density at radius 2 is 1.13 bits per heavy atom. The average Bonchev–Trinajstić information content (AvgIpc) is 3.60. The van der Waals surface area contributed by atoms with Gasteiger partial charge in [0.2, 0.25) is 0 Å². The van der Waals surface area contributed by atoms with Gasteiger partial charge in [0, 0.05) is 54.2 Å². The lowest BCUT2D eigenvalue weighted by Gasteiger charge is -2.27. The van der Waals surface area contributed by atoms with Crippen molar-refractivity contribution in [3.63, 3.8) is 0 Å². The van der Waals surface area contributed by atoms with Gasteiger partial charge in [0.15, 0.2) is 0 Å². The maximum Gasteiger partial charge on any atom is 0.0540 e. The first kappa shape index (κ1) is 32.2. The van der Waals surface area contributed by atoms with Crippen LogP contribution in [-0.4, -0.2) is 0 Å². The van der Waals surface area contributed by atoms with Gasteiger partial charge in [-0.1, -0.05) is 134 Å². The third kappa shape index (κ3) is 5.84. The number of allylic oxidation sites excluding steroid dienone is 4. The highest BCUT2D eigenvalue weighted by Crippen LogP contribution is 2.43. The van der Waals surface area contributed by atoms with Crippen molar-refractivity contribution in [3.05, 3.63) is 200 Å². The van der Waals surface area contributed by atoms with Crippen molar-refractivity contribution >= 4 is 81.5 Å². The van der Waals surface area contributed by atoms with E-state index in [1.54, 1.807) is 0 Å². The zero-order chi connectivity index (χ0) is 36.0. The summed E-state index contributed by atoms with van der Waals surface area (Å²) in [7, 11) is 0. The summed E-state index contributed by atoms with van der Waals surface area (Å²) in [5.41, 5.74) is 9.35. The molecule has 1 aliphatic carbocycles. The fourth-order valence-electron chi connectivity index (χ4n) is 8.14. The Morgan fingerprint density at radius 3 is 1.93 bits per heavy atom. The molecule has 0 radical (unpaired) electrons. The van der Waals surface area contributed by atoms with Gasteiger partial charge < -0.3 is 10.2 Å². The van der Waals surface area contributed by atoms with Crippen LogP contribution in [-0.2, 0) is 0 Å². The predicted molar refractivity (Wildman–Crippen MR) is 234 cm³/mol. The monoisotopic (exact) mass is 710 g/mol. The molecule has 0 bridgehead atoms. The lowest BCUT2D eigenvalue weighted by Crippen LogP contribution is -2.10. The molecule has 1 N–H and O–H groups in total. The Labute approximate surface area is 320 Å². The van der Waals surface area contributed by atoms with Gasteiger partial charge in [-0.25, -0.2) is 0 Å².